The third-order valence-electron chi connectivity index (χ3n) is 4.07. The third kappa shape index (κ3) is 4.93. The number of benzene rings is 1. The van der Waals surface area contributed by atoms with Crippen LogP contribution in [0.25, 0.3) is 0 Å². The Bertz CT molecular complexity index is 709. The molecular formula is C16H22N2O6S. The Kier molecular flexibility index (Phi) is 6.38. The van der Waals surface area contributed by atoms with Crippen LogP contribution in [-0.2, 0) is 19.6 Å². The summed E-state index contributed by atoms with van der Waals surface area (Å²) >= 11 is 0. The predicted molar refractivity (Wildman–Crippen MR) is 89.8 cm³/mol. The van der Waals surface area contributed by atoms with E-state index < -0.39 is 16.0 Å². The van der Waals surface area contributed by atoms with E-state index in [-0.39, 0.29) is 36.7 Å². The first-order valence-corrected chi connectivity index (χ1v) is 9.42. The van der Waals surface area contributed by atoms with Crippen LogP contribution in [0, 0.1) is 0 Å². The molecule has 1 saturated heterocycles. The van der Waals surface area contributed by atoms with Crippen LogP contribution in [-0.4, -0.2) is 67.9 Å². The highest BCUT2D eigenvalue weighted by Gasteiger charge is 2.29. The van der Waals surface area contributed by atoms with Crippen LogP contribution in [0.5, 0.6) is 5.75 Å². The van der Waals surface area contributed by atoms with Crippen LogP contribution in [0.4, 0.5) is 0 Å². The second kappa shape index (κ2) is 8.30. The molecule has 0 unspecified atom stereocenters. The number of nitrogens with zero attached hydrogens (tertiary/aromatic N) is 2. The van der Waals surface area contributed by atoms with Crippen molar-refractivity contribution in [1.82, 2.24) is 9.21 Å². The molecule has 2 rings (SSSR count). The molecule has 1 aromatic carbocycles. The smallest absolute Gasteiger partial charge is 0.303 e. The fraction of sp³-hybridized carbons (Fsp3) is 0.500. The van der Waals surface area contributed by atoms with Crippen molar-refractivity contribution in [3.8, 4) is 5.75 Å². The molecule has 0 radical (unpaired) electrons. The lowest BCUT2D eigenvalue weighted by Gasteiger charge is -2.34. The van der Waals surface area contributed by atoms with E-state index in [4.69, 9.17) is 9.84 Å². The topological polar surface area (TPSA) is 104 Å². The average Bonchev–Trinajstić information content (AvgIpc) is 2.61. The number of carbonyl (C=O) groups excluding carboxylic acids is 1. The maximum atomic E-state index is 12.6. The normalized spacial score (nSPS) is 15.8. The first-order valence-electron chi connectivity index (χ1n) is 7.98. The Balaban J connectivity index is 1.91. The van der Waals surface area contributed by atoms with E-state index in [2.05, 4.69) is 0 Å². The van der Waals surface area contributed by atoms with Gasteiger partial charge in [0.15, 0.2) is 0 Å². The summed E-state index contributed by atoms with van der Waals surface area (Å²) in [5.41, 5.74) is 0. The van der Waals surface area contributed by atoms with E-state index in [1.165, 1.54) is 23.5 Å². The fourth-order valence-corrected chi connectivity index (χ4v) is 4.05. The molecular weight excluding hydrogens is 348 g/mol. The molecule has 1 heterocycles. The van der Waals surface area contributed by atoms with Crippen LogP contribution >= 0.6 is 0 Å². The summed E-state index contributed by atoms with van der Waals surface area (Å²) in [5.74, 6) is -0.485. The molecule has 9 heteroatoms. The summed E-state index contributed by atoms with van der Waals surface area (Å²) in [5, 5.41) is 8.60. The van der Waals surface area contributed by atoms with Gasteiger partial charge in [-0.05, 0) is 30.7 Å². The van der Waals surface area contributed by atoms with E-state index in [1.54, 1.807) is 17.0 Å². The molecule has 1 aromatic rings. The van der Waals surface area contributed by atoms with Gasteiger partial charge in [-0.2, -0.15) is 4.31 Å². The van der Waals surface area contributed by atoms with Crippen LogP contribution in [0.3, 0.4) is 0 Å². The van der Waals surface area contributed by atoms with Crippen LogP contribution in [0.1, 0.15) is 19.3 Å². The van der Waals surface area contributed by atoms with Crippen molar-refractivity contribution < 1.29 is 27.9 Å². The van der Waals surface area contributed by atoms with Gasteiger partial charge in [0, 0.05) is 39.0 Å². The summed E-state index contributed by atoms with van der Waals surface area (Å²) < 4.78 is 31.6. The second-order valence-electron chi connectivity index (χ2n) is 5.71. The van der Waals surface area contributed by atoms with Gasteiger partial charge in [0.1, 0.15) is 5.75 Å². The van der Waals surface area contributed by atoms with Gasteiger partial charge in [-0.15, -0.1) is 0 Å². The van der Waals surface area contributed by atoms with Gasteiger partial charge in [-0.25, -0.2) is 8.42 Å². The lowest BCUT2D eigenvalue weighted by atomic mass is 10.2. The monoisotopic (exact) mass is 370 g/mol. The Morgan fingerprint density at radius 2 is 1.68 bits per heavy atom. The molecule has 0 aliphatic carbocycles. The van der Waals surface area contributed by atoms with Crippen LogP contribution < -0.4 is 4.74 Å². The minimum atomic E-state index is -3.60. The molecule has 1 aliphatic heterocycles. The minimum absolute atomic E-state index is 0.0441. The van der Waals surface area contributed by atoms with E-state index in [9.17, 15) is 18.0 Å². The molecule has 0 atom stereocenters. The molecule has 1 aliphatic rings. The maximum Gasteiger partial charge on any atom is 0.303 e. The van der Waals surface area contributed by atoms with E-state index in [1.807, 2.05) is 0 Å². The fourth-order valence-electron chi connectivity index (χ4n) is 2.62. The Labute approximate surface area is 147 Å². The molecule has 25 heavy (non-hydrogen) atoms. The zero-order valence-electron chi connectivity index (χ0n) is 14.1. The summed E-state index contributed by atoms with van der Waals surface area (Å²) in [7, 11) is -2.09. The number of hydrogen-bond acceptors (Lipinski definition) is 5. The Hall–Kier alpha value is -2.13. The van der Waals surface area contributed by atoms with Crippen molar-refractivity contribution in [3.05, 3.63) is 24.3 Å². The molecule has 0 saturated carbocycles. The second-order valence-corrected chi connectivity index (χ2v) is 7.65. The number of aliphatic carboxylic acids is 1. The number of rotatable bonds is 7. The van der Waals surface area contributed by atoms with E-state index in [0.29, 0.717) is 25.3 Å². The summed E-state index contributed by atoms with van der Waals surface area (Å²) in [6.07, 6.45) is 0.410. The highest BCUT2D eigenvalue weighted by Crippen LogP contribution is 2.21. The number of sulfonamides is 1. The van der Waals surface area contributed by atoms with Crippen LogP contribution in [0.15, 0.2) is 29.2 Å². The average molecular weight is 370 g/mol. The first-order chi connectivity index (χ1) is 11.8. The predicted octanol–water partition coefficient (Wildman–Crippen LogP) is 0.783. The van der Waals surface area contributed by atoms with Crippen molar-refractivity contribution in [2.45, 2.75) is 24.2 Å². The van der Waals surface area contributed by atoms with Gasteiger partial charge in [0.25, 0.3) is 0 Å². The number of piperazine rings is 1. The summed E-state index contributed by atoms with van der Waals surface area (Å²) in [6, 6.07) is 6.18. The number of carboxylic acid groups (broad SMARTS) is 1. The molecule has 1 fully saturated rings. The van der Waals surface area contributed by atoms with Crippen molar-refractivity contribution in [2.75, 3.05) is 33.3 Å². The maximum absolute atomic E-state index is 12.6. The number of carbonyl (C=O) groups is 2. The number of methoxy groups -OCH3 is 1. The van der Waals surface area contributed by atoms with Gasteiger partial charge in [-0.3, -0.25) is 9.59 Å². The van der Waals surface area contributed by atoms with Crippen molar-refractivity contribution >= 4 is 21.9 Å². The minimum Gasteiger partial charge on any atom is -0.497 e. The molecule has 0 aromatic heterocycles. The molecule has 1 amide bonds. The molecule has 8 nitrogen and oxygen atoms in total. The van der Waals surface area contributed by atoms with Crippen molar-refractivity contribution in [3.63, 3.8) is 0 Å². The molecule has 138 valence electrons. The summed E-state index contributed by atoms with van der Waals surface area (Å²) in [6.45, 7) is 1.06. The van der Waals surface area contributed by atoms with Crippen molar-refractivity contribution in [1.29, 1.82) is 0 Å². The zero-order chi connectivity index (χ0) is 18.4. The van der Waals surface area contributed by atoms with Crippen LogP contribution in [0.2, 0.25) is 0 Å². The summed E-state index contributed by atoms with van der Waals surface area (Å²) in [4.78, 5) is 24.3. The largest absolute Gasteiger partial charge is 0.497 e. The van der Waals surface area contributed by atoms with Crippen molar-refractivity contribution in [2.24, 2.45) is 0 Å². The lowest BCUT2D eigenvalue weighted by molar-refractivity contribution is -0.137. The number of carboxylic acids is 1. The standard InChI is InChI=1S/C16H22N2O6S/c1-24-13-5-7-14(8-6-13)25(22,23)18-11-9-17(10-12-18)15(19)3-2-4-16(20)21/h5-8H,2-4,9-12H2,1H3,(H,20,21). The lowest BCUT2D eigenvalue weighted by Crippen LogP contribution is -2.50. The number of ether oxygens (including phenoxy) is 1. The van der Waals surface area contributed by atoms with E-state index >= 15 is 0 Å². The SMILES string of the molecule is COc1ccc(S(=O)(=O)N2CCN(C(=O)CCCC(=O)O)CC2)cc1. The Morgan fingerprint density at radius 3 is 2.20 bits per heavy atom. The highest BCUT2D eigenvalue weighted by atomic mass is 32.2. The van der Waals surface area contributed by atoms with Gasteiger partial charge >= 0.3 is 5.97 Å². The molecule has 1 N–H and O–H groups in total. The quantitative estimate of drug-likeness (QED) is 0.761. The van der Waals surface area contributed by atoms with Gasteiger partial charge in [-0.1, -0.05) is 0 Å². The molecule has 0 bridgehead atoms. The van der Waals surface area contributed by atoms with Gasteiger partial charge < -0.3 is 14.7 Å². The Morgan fingerprint density at radius 1 is 1.08 bits per heavy atom. The van der Waals surface area contributed by atoms with Gasteiger partial charge in [0.2, 0.25) is 15.9 Å². The number of amides is 1. The first kappa shape index (κ1) is 19.2. The number of hydrogen-bond donors (Lipinski definition) is 1. The van der Waals surface area contributed by atoms with Gasteiger partial charge in [0.05, 0.1) is 12.0 Å². The molecule has 0 spiro atoms. The van der Waals surface area contributed by atoms with E-state index in [0.717, 1.165) is 0 Å². The third-order valence-corrected chi connectivity index (χ3v) is 5.98. The highest BCUT2D eigenvalue weighted by molar-refractivity contribution is 7.89. The zero-order valence-corrected chi connectivity index (χ0v) is 14.9.